The van der Waals surface area contributed by atoms with Crippen molar-refractivity contribution < 1.29 is 4.79 Å². The zero-order valence-corrected chi connectivity index (χ0v) is 10.4. The molecule has 1 saturated carbocycles. The average Bonchev–Trinajstić information content (AvgIpc) is 2.66. The standard InChI is InChI=1S/C12H20N4O/c1-3-6-16-8(2)9(7-14-16)12(17)15-11-5-4-10(11)13/h7,10-11H,3-6,13H2,1-2H3,(H,15,17)/t10-,11+/m0/s1. The number of nitrogens with one attached hydrogen (secondary N) is 1. The number of amides is 1. The van der Waals surface area contributed by atoms with E-state index in [4.69, 9.17) is 5.73 Å². The molecule has 0 aromatic carbocycles. The highest BCUT2D eigenvalue weighted by molar-refractivity contribution is 5.95. The van der Waals surface area contributed by atoms with E-state index in [9.17, 15) is 4.79 Å². The third-order valence-corrected chi connectivity index (χ3v) is 3.43. The van der Waals surface area contributed by atoms with Crippen molar-refractivity contribution in [2.24, 2.45) is 5.73 Å². The number of hydrogen-bond donors (Lipinski definition) is 2. The summed E-state index contributed by atoms with van der Waals surface area (Å²) in [5, 5.41) is 7.18. The Balaban J connectivity index is 2.03. The van der Waals surface area contributed by atoms with Crippen molar-refractivity contribution in [2.75, 3.05) is 0 Å². The van der Waals surface area contributed by atoms with Crippen LogP contribution in [0.2, 0.25) is 0 Å². The van der Waals surface area contributed by atoms with Gasteiger partial charge < -0.3 is 11.1 Å². The third-order valence-electron chi connectivity index (χ3n) is 3.43. The second-order valence-corrected chi connectivity index (χ2v) is 4.69. The monoisotopic (exact) mass is 236 g/mol. The quantitative estimate of drug-likeness (QED) is 0.813. The van der Waals surface area contributed by atoms with Crippen LogP contribution in [0.15, 0.2) is 6.20 Å². The lowest BCUT2D eigenvalue weighted by Crippen LogP contribution is -2.54. The van der Waals surface area contributed by atoms with Gasteiger partial charge in [-0.15, -0.1) is 0 Å². The van der Waals surface area contributed by atoms with Gasteiger partial charge in [-0.1, -0.05) is 6.92 Å². The second kappa shape index (κ2) is 4.87. The summed E-state index contributed by atoms with van der Waals surface area (Å²) in [6.07, 6.45) is 4.63. The number of carbonyl (C=O) groups is 1. The van der Waals surface area contributed by atoms with Gasteiger partial charge in [0.1, 0.15) is 0 Å². The van der Waals surface area contributed by atoms with Crippen LogP contribution in [0.25, 0.3) is 0 Å². The lowest BCUT2D eigenvalue weighted by molar-refractivity contribution is 0.0905. The van der Waals surface area contributed by atoms with Crippen LogP contribution in [-0.4, -0.2) is 27.8 Å². The summed E-state index contributed by atoms with van der Waals surface area (Å²) < 4.78 is 1.87. The molecule has 17 heavy (non-hydrogen) atoms. The molecule has 1 aromatic rings. The van der Waals surface area contributed by atoms with Crippen molar-refractivity contribution in [3.63, 3.8) is 0 Å². The molecule has 0 saturated heterocycles. The molecule has 1 heterocycles. The van der Waals surface area contributed by atoms with Crippen molar-refractivity contribution in [2.45, 2.75) is 51.7 Å². The maximum absolute atomic E-state index is 12.0. The van der Waals surface area contributed by atoms with E-state index in [1.807, 2.05) is 11.6 Å². The van der Waals surface area contributed by atoms with Crippen molar-refractivity contribution in [1.29, 1.82) is 0 Å². The first-order chi connectivity index (χ1) is 8.13. The van der Waals surface area contributed by atoms with Gasteiger partial charge >= 0.3 is 0 Å². The van der Waals surface area contributed by atoms with Crippen LogP contribution >= 0.6 is 0 Å². The molecule has 2 atom stereocenters. The highest BCUT2D eigenvalue weighted by atomic mass is 16.1. The molecule has 5 heteroatoms. The summed E-state index contributed by atoms with van der Waals surface area (Å²) >= 11 is 0. The normalized spacial score (nSPS) is 23.2. The van der Waals surface area contributed by atoms with Crippen LogP contribution in [0.3, 0.4) is 0 Å². The number of aromatic nitrogens is 2. The fraction of sp³-hybridized carbons (Fsp3) is 0.667. The van der Waals surface area contributed by atoms with Gasteiger partial charge in [0, 0.05) is 24.3 Å². The summed E-state index contributed by atoms with van der Waals surface area (Å²) in [5.74, 6) is -0.0509. The Hall–Kier alpha value is -1.36. The predicted octanol–water partition coefficient (Wildman–Crippen LogP) is 0.821. The van der Waals surface area contributed by atoms with E-state index in [1.165, 1.54) is 0 Å². The zero-order valence-electron chi connectivity index (χ0n) is 10.4. The fourth-order valence-electron chi connectivity index (χ4n) is 2.06. The van der Waals surface area contributed by atoms with Crippen LogP contribution in [0, 0.1) is 6.92 Å². The Morgan fingerprint density at radius 3 is 2.94 bits per heavy atom. The van der Waals surface area contributed by atoms with E-state index in [0.29, 0.717) is 5.56 Å². The van der Waals surface area contributed by atoms with Crippen LogP contribution in [0.1, 0.15) is 42.2 Å². The number of nitrogens with zero attached hydrogens (tertiary/aromatic N) is 2. The largest absolute Gasteiger partial charge is 0.348 e. The van der Waals surface area contributed by atoms with Crippen molar-refractivity contribution in [3.8, 4) is 0 Å². The maximum atomic E-state index is 12.0. The van der Waals surface area contributed by atoms with Gasteiger partial charge in [0.2, 0.25) is 0 Å². The first kappa shape index (κ1) is 12.1. The van der Waals surface area contributed by atoms with Crippen LogP contribution in [0.4, 0.5) is 0 Å². The summed E-state index contributed by atoms with van der Waals surface area (Å²) in [5.41, 5.74) is 7.40. The van der Waals surface area contributed by atoms with Gasteiger partial charge in [-0.3, -0.25) is 9.48 Å². The molecule has 94 valence electrons. The van der Waals surface area contributed by atoms with Gasteiger partial charge in [-0.05, 0) is 26.2 Å². The zero-order chi connectivity index (χ0) is 12.4. The predicted molar refractivity (Wildman–Crippen MR) is 65.7 cm³/mol. The van der Waals surface area contributed by atoms with Crippen LogP contribution in [-0.2, 0) is 6.54 Å². The lowest BCUT2D eigenvalue weighted by Gasteiger charge is -2.34. The third kappa shape index (κ3) is 2.34. The van der Waals surface area contributed by atoms with Crippen LogP contribution in [0.5, 0.6) is 0 Å². The van der Waals surface area contributed by atoms with Gasteiger partial charge in [0.05, 0.1) is 11.8 Å². The fourth-order valence-corrected chi connectivity index (χ4v) is 2.06. The molecule has 1 aliphatic rings. The molecule has 0 radical (unpaired) electrons. The molecule has 0 aliphatic heterocycles. The molecule has 3 N–H and O–H groups in total. The Kier molecular flexibility index (Phi) is 3.47. The summed E-state index contributed by atoms with van der Waals surface area (Å²) in [6, 6.07) is 0.251. The smallest absolute Gasteiger partial charge is 0.255 e. The van der Waals surface area contributed by atoms with E-state index < -0.39 is 0 Å². The second-order valence-electron chi connectivity index (χ2n) is 4.69. The molecule has 1 aromatic heterocycles. The first-order valence-electron chi connectivity index (χ1n) is 6.22. The Labute approximate surface area is 101 Å². The lowest BCUT2D eigenvalue weighted by atomic mass is 9.87. The van der Waals surface area contributed by atoms with E-state index >= 15 is 0 Å². The van der Waals surface area contributed by atoms with Crippen molar-refractivity contribution in [1.82, 2.24) is 15.1 Å². The molecule has 1 amide bonds. The maximum Gasteiger partial charge on any atom is 0.255 e. The van der Waals surface area contributed by atoms with Gasteiger partial charge in [-0.25, -0.2) is 0 Å². The minimum atomic E-state index is -0.0509. The first-order valence-corrected chi connectivity index (χ1v) is 6.22. The molecular weight excluding hydrogens is 216 g/mol. The highest BCUT2D eigenvalue weighted by Gasteiger charge is 2.29. The van der Waals surface area contributed by atoms with E-state index in [-0.39, 0.29) is 18.0 Å². The average molecular weight is 236 g/mol. The number of hydrogen-bond acceptors (Lipinski definition) is 3. The van der Waals surface area contributed by atoms with Gasteiger partial charge in [0.25, 0.3) is 5.91 Å². The van der Waals surface area contributed by atoms with Gasteiger partial charge in [0.15, 0.2) is 0 Å². The molecule has 2 rings (SSSR count). The molecular formula is C12H20N4O. The van der Waals surface area contributed by atoms with Crippen molar-refractivity contribution in [3.05, 3.63) is 17.5 Å². The molecule has 0 bridgehead atoms. The molecule has 0 unspecified atom stereocenters. The summed E-state index contributed by atoms with van der Waals surface area (Å²) in [4.78, 5) is 12.0. The SMILES string of the molecule is CCCn1ncc(C(=O)N[C@@H]2CC[C@@H]2N)c1C. The van der Waals surface area contributed by atoms with E-state index in [0.717, 1.165) is 31.5 Å². The Morgan fingerprint density at radius 2 is 2.41 bits per heavy atom. The molecule has 5 nitrogen and oxygen atoms in total. The van der Waals surface area contributed by atoms with E-state index in [2.05, 4.69) is 17.3 Å². The number of rotatable bonds is 4. The summed E-state index contributed by atoms with van der Waals surface area (Å²) in [6.45, 7) is 4.87. The minimum Gasteiger partial charge on any atom is -0.348 e. The number of aryl methyl sites for hydroxylation is 1. The Bertz CT molecular complexity index is 413. The highest BCUT2D eigenvalue weighted by Crippen LogP contribution is 2.18. The summed E-state index contributed by atoms with van der Waals surface area (Å²) in [7, 11) is 0. The van der Waals surface area contributed by atoms with E-state index in [1.54, 1.807) is 6.20 Å². The topological polar surface area (TPSA) is 72.9 Å². The van der Waals surface area contributed by atoms with Crippen molar-refractivity contribution >= 4 is 5.91 Å². The number of nitrogens with two attached hydrogens (primary N) is 1. The van der Waals surface area contributed by atoms with Gasteiger partial charge in [-0.2, -0.15) is 5.10 Å². The molecule has 1 aliphatic carbocycles. The van der Waals surface area contributed by atoms with Crippen LogP contribution < -0.4 is 11.1 Å². The minimum absolute atomic E-state index is 0.0509. The Morgan fingerprint density at radius 1 is 1.65 bits per heavy atom. The molecule has 0 spiro atoms. The number of carbonyl (C=O) groups excluding carboxylic acids is 1. The molecule has 1 fully saturated rings.